The van der Waals surface area contributed by atoms with Gasteiger partial charge in [-0.25, -0.2) is 4.79 Å². The van der Waals surface area contributed by atoms with Crippen LogP contribution in [-0.2, 0) is 10.2 Å². The van der Waals surface area contributed by atoms with Crippen LogP contribution >= 0.6 is 0 Å². The Balaban J connectivity index is 2.15. The van der Waals surface area contributed by atoms with Crippen LogP contribution in [0.15, 0.2) is 29.3 Å². The highest BCUT2D eigenvalue weighted by molar-refractivity contribution is 6.00. The Morgan fingerprint density at radius 1 is 1.35 bits per heavy atom. The van der Waals surface area contributed by atoms with Gasteiger partial charge in [0.1, 0.15) is 0 Å². The second-order valence-corrected chi connectivity index (χ2v) is 7.52. The van der Waals surface area contributed by atoms with Gasteiger partial charge in [0.05, 0.1) is 0 Å². The number of carbonyl (C=O) groups is 2. The molecular formula is C20H24O3. The molecule has 0 heterocycles. The Kier molecular flexibility index (Phi) is 3.70. The van der Waals surface area contributed by atoms with Crippen LogP contribution in [0.3, 0.4) is 0 Å². The third-order valence-corrected chi connectivity index (χ3v) is 5.94. The molecule has 1 N–H and O–H groups in total. The number of rotatable bonds is 2. The maximum absolute atomic E-state index is 12.7. The van der Waals surface area contributed by atoms with Crippen LogP contribution in [0.4, 0.5) is 0 Å². The fraction of sp³-hybridized carbons (Fsp3) is 0.500. The highest BCUT2D eigenvalue weighted by Gasteiger charge is 2.47. The summed E-state index contributed by atoms with van der Waals surface area (Å²) in [5.41, 5.74) is 4.39. The molecular weight excluding hydrogens is 288 g/mol. The molecule has 0 fully saturated rings. The number of aliphatic carboxylic acids is 1. The number of hydrogen-bond donors (Lipinski definition) is 1. The Morgan fingerprint density at radius 3 is 2.65 bits per heavy atom. The van der Waals surface area contributed by atoms with Gasteiger partial charge in [-0.2, -0.15) is 0 Å². The van der Waals surface area contributed by atoms with Crippen molar-refractivity contribution >= 4 is 11.8 Å². The predicted molar refractivity (Wildman–Crippen MR) is 89.9 cm³/mol. The highest BCUT2D eigenvalue weighted by atomic mass is 16.4. The van der Waals surface area contributed by atoms with Gasteiger partial charge < -0.3 is 5.11 Å². The van der Waals surface area contributed by atoms with Gasteiger partial charge in [0.15, 0.2) is 5.78 Å². The number of carboxylic acids is 1. The summed E-state index contributed by atoms with van der Waals surface area (Å²) in [6.07, 6.45) is 1.79. The largest absolute Gasteiger partial charge is 0.478 e. The van der Waals surface area contributed by atoms with Crippen molar-refractivity contribution in [2.24, 2.45) is 5.92 Å². The summed E-state index contributed by atoms with van der Waals surface area (Å²) in [6.45, 7) is 8.35. The minimum Gasteiger partial charge on any atom is -0.478 e. The Bertz CT molecular complexity index is 726. The number of benzene rings is 1. The van der Waals surface area contributed by atoms with Gasteiger partial charge in [0.2, 0.25) is 0 Å². The van der Waals surface area contributed by atoms with E-state index in [1.54, 1.807) is 0 Å². The summed E-state index contributed by atoms with van der Waals surface area (Å²) in [6, 6.07) is 6.28. The van der Waals surface area contributed by atoms with Crippen LogP contribution in [-0.4, -0.2) is 16.9 Å². The minimum absolute atomic E-state index is 0.00671. The molecule has 1 aromatic carbocycles. The molecule has 3 heteroatoms. The first kappa shape index (κ1) is 16.0. The number of allylic oxidation sites excluding steroid dienone is 1. The van der Waals surface area contributed by atoms with Crippen LogP contribution in [0.2, 0.25) is 0 Å². The van der Waals surface area contributed by atoms with Crippen LogP contribution in [0.1, 0.15) is 74.4 Å². The molecule has 0 aliphatic heterocycles. The van der Waals surface area contributed by atoms with Gasteiger partial charge in [-0.1, -0.05) is 38.5 Å². The van der Waals surface area contributed by atoms with Crippen molar-refractivity contribution < 1.29 is 14.7 Å². The predicted octanol–water partition coefficient (Wildman–Crippen LogP) is 4.47. The average Bonchev–Trinajstić information content (AvgIpc) is 2.49. The van der Waals surface area contributed by atoms with E-state index in [4.69, 9.17) is 0 Å². The number of fused-ring (bicyclic) bond motifs is 3. The van der Waals surface area contributed by atoms with E-state index in [0.29, 0.717) is 24.3 Å². The van der Waals surface area contributed by atoms with Crippen molar-refractivity contribution in [2.45, 2.75) is 58.3 Å². The van der Waals surface area contributed by atoms with Gasteiger partial charge in [-0.05, 0) is 48.8 Å². The molecule has 122 valence electrons. The van der Waals surface area contributed by atoms with Crippen LogP contribution in [0.25, 0.3) is 0 Å². The van der Waals surface area contributed by atoms with Crippen molar-refractivity contribution in [1.29, 1.82) is 0 Å². The summed E-state index contributed by atoms with van der Waals surface area (Å²) in [4.78, 5) is 24.2. The molecule has 23 heavy (non-hydrogen) atoms. The number of ketones is 1. The number of carboxylic acid groups (broad SMARTS) is 1. The topological polar surface area (TPSA) is 54.4 Å². The van der Waals surface area contributed by atoms with Crippen LogP contribution in [0, 0.1) is 5.92 Å². The second-order valence-electron chi connectivity index (χ2n) is 7.52. The summed E-state index contributed by atoms with van der Waals surface area (Å²) in [5, 5.41) is 9.40. The van der Waals surface area contributed by atoms with Gasteiger partial charge in [-0.15, -0.1) is 0 Å². The van der Waals surface area contributed by atoms with E-state index < -0.39 is 5.97 Å². The number of carbonyl (C=O) groups excluding carboxylic acids is 1. The molecule has 3 nitrogen and oxygen atoms in total. The first-order valence-corrected chi connectivity index (χ1v) is 8.36. The third kappa shape index (κ3) is 2.34. The first-order chi connectivity index (χ1) is 10.8. The van der Waals surface area contributed by atoms with E-state index in [1.165, 1.54) is 5.56 Å². The highest BCUT2D eigenvalue weighted by Crippen LogP contribution is 2.52. The van der Waals surface area contributed by atoms with Crippen LogP contribution in [0.5, 0.6) is 0 Å². The molecule has 2 aliphatic rings. The summed E-state index contributed by atoms with van der Waals surface area (Å²) >= 11 is 0. The maximum atomic E-state index is 12.7. The zero-order valence-electron chi connectivity index (χ0n) is 14.3. The molecule has 0 spiro atoms. The van der Waals surface area contributed by atoms with Gasteiger partial charge in [0.25, 0.3) is 0 Å². The van der Waals surface area contributed by atoms with Crippen molar-refractivity contribution in [2.75, 3.05) is 0 Å². The fourth-order valence-electron chi connectivity index (χ4n) is 4.37. The van der Waals surface area contributed by atoms with E-state index in [1.807, 2.05) is 6.92 Å². The third-order valence-electron chi connectivity index (χ3n) is 5.94. The van der Waals surface area contributed by atoms with Crippen molar-refractivity contribution in [3.05, 3.63) is 46.0 Å². The van der Waals surface area contributed by atoms with Gasteiger partial charge in [-0.3, -0.25) is 4.79 Å². The zero-order valence-corrected chi connectivity index (χ0v) is 14.3. The Morgan fingerprint density at radius 2 is 2.04 bits per heavy atom. The SMILES string of the molecule is CC1=C(C(=O)O)CCC2(C)c3ccc(C(C)C)cc3C(=O)CC12. The molecule has 0 saturated heterocycles. The number of Topliss-reactive ketones (excluding diaryl/α,β-unsaturated/α-hetero) is 1. The van der Waals surface area contributed by atoms with Crippen molar-refractivity contribution in [3.63, 3.8) is 0 Å². The lowest BCUT2D eigenvalue weighted by Crippen LogP contribution is -2.43. The second kappa shape index (κ2) is 5.33. The van der Waals surface area contributed by atoms with Gasteiger partial charge in [0, 0.05) is 23.0 Å². The molecule has 0 aromatic heterocycles. The van der Waals surface area contributed by atoms with E-state index in [0.717, 1.165) is 23.1 Å². The minimum atomic E-state index is -0.835. The molecule has 2 aliphatic carbocycles. The summed E-state index contributed by atoms with van der Waals surface area (Å²) in [5.74, 6) is -0.286. The van der Waals surface area contributed by atoms with E-state index in [9.17, 15) is 14.7 Å². The maximum Gasteiger partial charge on any atom is 0.331 e. The first-order valence-electron chi connectivity index (χ1n) is 8.36. The van der Waals surface area contributed by atoms with Crippen molar-refractivity contribution in [1.82, 2.24) is 0 Å². The standard InChI is InChI=1S/C20H24O3/c1-11(2)13-5-6-16-15(9-13)18(21)10-17-12(3)14(19(22)23)7-8-20(16,17)4/h5-6,9,11,17H,7-8,10H2,1-4H3,(H,22,23). The molecule has 2 atom stereocenters. The smallest absolute Gasteiger partial charge is 0.331 e. The van der Waals surface area contributed by atoms with E-state index in [-0.39, 0.29) is 17.1 Å². The molecule has 0 saturated carbocycles. The lowest BCUT2D eigenvalue weighted by atomic mass is 9.56. The van der Waals surface area contributed by atoms with E-state index in [2.05, 4.69) is 39.0 Å². The normalized spacial score (nSPS) is 27.0. The quantitative estimate of drug-likeness (QED) is 0.877. The zero-order chi connectivity index (χ0) is 16.9. The summed E-state index contributed by atoms with van der Waals surface area (Å²) < 4.78 is 0. The monoisotopic (exact) mass is 312 g/mol. The van der Waals surface area contributed by atoms with Gasteiger partial charge >= 0.3 is 5.97 Å². The molecule has 0 radical (unpaired) electrons. The Hall–Kier alpha value is -1.90. The number of hydrogen-bond acceptors (Lipinski definition) is 2. The van der Waals surface area contributed by atoms with Crippen molar-refractivity contribution in [3.8, 4) is 0 Å². The fourth-order valence-corrected chi connectivity index (χ4v) is 4.37. The van der Waals surface area contributed by atoms with E-state index >= 15 is 0 Å². The Labute approximate surface area is 137 Å². The summed E-state index contributed by atoms with van der Waals surface area (Å²) in [7, 11) is 0. The molecule has 1 aromatic rings. The lowest BCUT2D eigenvalue weighted by molar-refractivity contribution is -0.133. The molecule has 0 bridgehead atoms. The van der Waals surface area contributed by atoms with Crippen LogP contribution < -0.4 is 0 Å². The average molecular weight is 312 g/mol. The molecule has 2 unspecified atom stereocenters. The lowest BCUT2D eigenvalue weighted by Gasteiger charge is -2.46. The molecule has 3 rings (SSSR count). The molecule has 0 amide bonds.